The topological polar surface area (TPSA) is 69.7 Å². The summed E-state index contributed by atoms with van der Waals surface area (Å²) in [6.07, 6.45) is 5.78. The Morgan fingerprint density at radius 3 is 2.35 bits per heavy atom. The van der Waals surface area contributed by atoms with E-state index in [-0.39, 0.29) is 11.8 Å². The lowest BCUT2D eigenvalue weighted by atomic mass is 9.66. The number of ether oxygens (including phenoxy) is 2. The molecule has 4 atom stereocenters. The monoisotopic (exact) mass is 364 g/mol. The first kappa shape index (κ1) is 19.4. The lowest BCUT2D eigenvalue weighted by Gasteiger charge is -2.35. The number of ketones is 1. The minimum atomic E-state index is -1.25. The van der Waals surface area contributed by atoms with Gasteiger partial charge in [-0.1, -0.05) is 47.0 Å². The Morgan fingerprint density at radius 1 is 1.12 bits per heavy atom. The molecule has 3 rings (SSSR count). The second-order valence-corrected chi connectivity index (χ2v) is 9.49. The van der Waals surface area contributed by atoms with Gasteiger partial charge in [-0.3, -0.25) is 9.59 Å². The fraction of sp³-hybridized carbons (Fsp3) is 0.857. The minimum Gasteiger partial charge on any atom is -0.451 e. The predicted octanol–water partition coefficient (Wildman–Crippen LogP) is 3.97. The number of fused-ring (bicyclic) bond motifs is 2. The number of rotatable bonds is 6. The van der Waals surface area contributed by atoms with Gasteiger partial charge in [0, 0.05) is 10.8 Å². The maximum Gasteiger partial charge on any atom is 0.351 e. The summed E-state index contributed by atoms with van der Waals surface area (Å²) in [5.41, 5.74) is -2.95. The van der Waals surface area contributed by atoms with E-state index in [1.165, 1.54) is 0 Å². The summed E-state index contributed by atoms with van der Waals surface area (Å²) >= 11 is 0. The molecule has 0 spiro atoms. The second kappa shape index (κ2) is 6.07. The van der Waals surface area contributed by atoms with Crippen LogP contribution in [0.5, 0.6) is 0 Å². The van der Waals surface area contributed by atoms with Crippen LogP contribution in [0.1, 0.15) is 86.0 Å². The Labute approximate surface area is 156 Å². The SMILES string of the molecule is CCCCC[C@]1(C)CC[C@H](OC(=O)[C@@]23CC[C@@](C)(C(=O)O2)C3(C)C)C1=O. The molecule has 0 aromatic rings. The molecule has 5 heteroatoms. The third kappa shape index (κ3) is 2.38. The lowest BCUT2D eigenvalue weighted by Crippen LogP contribution is -2.50. The summed E-state index contributed by atoms with van der Waals surface area (Å²) in [5, 5.41) is 0. The third-order valence-electron chi connectivity index (χ3n) is 7.84. The van der Waals surface area contributed by atoms with Crippen LogP contribution < -0.4 is 0 Å². The summed E-state index contributed by atoms with van der Waals surface area (Å²) in [6, 6.07) is 0. The summed E-state index contributed by atoms with van der Waals surface area (Å²) in [7, 11) is 0. The molecule has 1 heterocycles. The normalized spacial score (nSPS) is 40.7. The number of unbranched alkanes of at least 4 members (excludes halogenated alkanes) is 2. The summed E-state index contributed by atoms with van der Waals surface area (Å²) in [5.74, 6) is -0.831. The van der Waals surface area contributed by atoms with Crippen molar-refractivity contribution in [1.82, 2.24) is 0 Å². The number of Topliss-reactive ketones (excluding diaryl/α,β-unsaturated/α-hetero) is 1. The van der Waals surface area contributed by atoms with Gasteiger partial charge in [0.1, 0.15) is 0 Å². The van der Waals surface area contributed by atoms with Crippen molar-refractivity contribution in [2.45, 2.75) is 97.7 Å². The smallest absolute Gasteiger partial charge is 0.351 e. The van der Waals surface area contributed by atoms with E-state index in [1.54, 1.807) is 0 Å². The van der Waals surface area contributed by atoms with E-state index < -0.39 is 33.9 Å². The van der Waals surface area contributed by atoms with E-state index in [0.29, 0.717) is 19.3 Å². The summed E-state index contributed by atoms with van der Waals surface area (Å²) in [4.78, 5) is 38.3. The van der Waals surface area contributed by atoms with Crippen molar-refractivity contribution in [3.63, 3.8) is 0 Å². The molecule has 0 aromatic heterocycles. The fourth-order valence-corrected chi connectivity index (χ4v) is 5.15. The van der Waals surface area contributed by atoms with Gasteiger partial charge in [-0.15, -0.1) is 0 Å². The van der Waals surface area contributed by atoms with Crippen LogP contribution in [0.4, 0.5) is 0 Å². The third-order valence-corrected chi connectivity index (χ3v) is 7.84. The van der Waals surface area contributed by atoms with Crippen LogP contribution in [0, 0.1) is 16.2 Å². The quantitative estimate of drug-likeness (QED) is 0.527. The summed E-state index contributed by atoms with van der Waals surface area (Å²) < 4.78 is 11.3. The molecule has 0 amide bonds. The zero-order valence-corrected chi connectivity index (χ0v) is 16.8. The van der Waals surface area contributed by atoms with E-state index >= 15 is 0 Å². The van der Waals surface area contributed by atoms with Crippen LogP contribution in [0.15, 0.2) is 0 Å². The Bertz CT molecular complexity index is 638. The van der Waals surface area contributed by atoms with Crippen molar-refractivity contribution in [2.75, 3.05) is 0 Å². The molecule has 1 saturated heterocycles. The molecule has 5 nitrogen and oxygen atoms in total. The number of hydrogen-bond donors (Lipinski definition) is 0. The average molecular weight is 364 g/mol. The highest BCUT2D eigenvalue weighted by molar-refractivity contribution is 5.96. The largest absolute Gasteiger partial charge is 0.451 e. The van der Waals surface area contributed by atoms with Crippen LogP contribution in [0.3, 0.4) is 0 Å². The van der Waals surface area contributed by atoms with Gasteiger partial charge in [-0.2, -0.15) is 0 Å². The van der Waals surface area contributed by atoms with Crippen LogP contribution in [-0.2, 0) is 23.9 Å². The zero-order valence-electron chi connectivity index (χ0n) is 16.8. The summed E-state index contributed by atoms with van der Waals surface area (Å²) in [6.45, 7) is 9.80. The molecule has 2 saturated carbocycles. The molecule has 3 aliphatic rings. The van der Waals surface area contributed by atoms with Gasteiger partial charge in [0.15, 0.2) is 11.9 Å². The van der Waals surface area contributed by atoms with Crippen molar-refractivity contribution in [3.05, 3.63) is 0 Å². The first-order valence-corrected chi connectivity index (χ1v) is 10.0. The highest BCUT2D eigenvalue weighted by Gasteiger charge is 2.76. The van der Waals surface area contributed by atoms with Gasteiger partial charge in [-0.05, 0) is 39.0 Å². The predicted molar refractivity (Wildman–Crippen MR) is 96.3 cm³/mol. The standard InChI is InChI=1S/C21H32O5/c1-6-7-8-10-19(4)11-9-14(15(19)22)25-17(24)21-13-12-20(5,16(23)26-21)18(21,2)3/h14H,6-13H2,1-5H3/t14-,19+,20-,21+/m0/s1. The zero-order chi connectivity index (χ0) is 19.4. The molecule has 26 heavy (non-hydrogen) atoms. The molecule has 1 aliphatic heterocycles. The van der Waals surface area contributed by atoms with Crippen molar-refractivity contribution < 1.29 is 23.9 Å². The molecular weight excluding hydrogens is 332 g/mol. The maximum atomic E-state index is 13.0. The van der Waals surface area contributed by atoms with E-state index in [4.69, 9.17) is 9.47 Å². The number of carbonyl (C=O) groups excluding carboxylic acids is 3. The van der Waals surface area contributed by atoms with E-state index in [0.717, 1.165) is 32.1 Å². The second-order valence-electron chi connectivity index (χ2n) is 9.49. The Morgan fingerprint density at radius 2 is 1.81 bits per heavy atom. The van der Waals surface area contributed by atoms with Crippen molar-refractivity contribution in [3.8, 4) is 0 Å². The van der Waals surface area contributed by atoms with Crippen molar-refractivity contribution >= 4 is 17.7 Å². The van der Waals surface area contributed by atoms with Gasteiger partial charge in [-0.25, -0.2) is 4.79 Å². The molecule has 0 N–H and O–H groups in total. The van der Waals surface area contributed by atoms with Crippen molar-refractivity contribution in [1.29, 1.82) is 0 Å². The van der Waals surface area contributed by atoms with Gasteiger partial charge >= 0.3 is 11.9 Å². The Balaban J connectivity index is 1.72. The van der Waals surface area contributed by atoms with E-state index in [2.05, 4.69) is 6.92 Å². The number of carbonyl (C=O) groups is 3. The fourth-order valence-electron chi connectivity index (χ4n) is 5.15. The van der Waals surface area contributed by atoms with Crippen LogP contribution in [0.2, 0.25) is 0 Å². The van der Waals surface area contributed by atoms with E-state index in [9.17, 15) is 14.4 Å². The van der Waals surface area contributed by atoms with Gasteiger partial charge < -0.3 is 9.47 Å². The first-order chi connectivity index (χ1) is 12.0. The minimum absolute atomic E-state index is 0.0289. The van der Waals surface area contributed by atoms with Gasteiger partial charge in [0.25, 0.3) is 0 Å². The molecule has 3 fully saturated rings. The molecular formula is C21H32O5. The van der Waals surface area contributed by atoms with E-state index in [1.807, 2.05) is 27.7 Å². The molecule has 2 aliphatic carbocycles. The van der Waals surface area contributed by atoms with Crippen LogP contribution in [0.25, 0.3) is 0 Å². The highest BCUT2D eigenvalue weighted by atomic mass is 16.6. The van der Waals surface area contributed by atoms with Gasteiger partial charge in [0.2, 0.25) is 5.60 Å². The Hall–Kier alpha value is -1.39. The number of esters is 2. The molecule has 0 radical (unpaired) electrons. The Kier molecular flexibility index (Phi) is 4.52. The van der Waals surface area contributed by atoms with Crippen LogP contribution in [-0.4, -0.2) is 29.4 Å². The van der Waals surface area contributed by atoms with Crippen molar-refractivity contribution in [2.24, 2.45) is 16.2 Å². The maximum absolute atomic E-state index is 13.0. The van der Waals surface area contributed by atoms with Gasteiger partial charge in [0.05, 0.1) is 5.41 Å². The lowest BCUT2D eigenvalue weighted by molar-refractivity contribution is -0.187. The molecule has 146 valence electrons. The van der Waals surface area contributed by atoms with Crippen LogP contribution >= 0.6 is 0 Å². The molecule has 2 bridgehead atoms. The average Bonchev–Trinajstić information content (AvgIpc) is 3.02. The first-order valence-electron chi connectivity index (χ1n) is 10.0. The number of hydrogen-bond acceptors (Lipinski definition) is 5. The highest BCUT2D eigenvalue weighted by Crippen LogP contribution is 2.66. The molecule has 0 unspecified atom stereocenters. The molecule has 0 aromatic carbocycles.